The van der Waals surface area contributed by atoms with Crippen LogP contribution in [0.25, 0.3) is 0 Å². The third kappa shape index (κ3) is 3.24. The molecule has 2 aromatic rings. The normalized spacial score (nSPS) is 25.1. The average molecular weight is 375 g/mol. The molecule has 3 rings (SSSR count). The molecule has 2 aromatic carbocycles. The van der Waals surface area contributed by atoms with Crippen LogP contribution >= 0.6 is 0 Å². The molecule has 5 nitrogen and oxygen atoms in total. The third-order valence-electron chi connectivity index (χ3n) is 5.02. The first-order valence-corrected chi connectivity index (χ1v) is 10.2. The highest BCUT2D eigenvalue weighted by Crippen LogP contribution is 2.55. The van der Waals surface area contributed by atoms with Crippen molar-refractivity contribution in [2.24, 2.45) is 5.73 Å². The Morgan fingerprint density at radius 2 is 1.69 bits per heavy atom. The van der Waals surface area contributed by atoms with Crippen molar-refractivity contribution < 1.29 is 17.9 Å². The Labute approximate surface area is 155 Å². The minimum atomic E-state index is -3.57. The maximum Gasteiger partial charge on any atom is 0.183 e. The van der Waals surface area contributed by atoms with Crippen LogP contribution in [0.1, 0.15) is 24.0 Å². The highest BCUT2D eigenvalue weighted by atomic mass is 32.2. The molecular weight excluding hydrogens is 350 g/mol. The number of benzene rings is 2. The van der Waals surface area contributed by atoms with Gasteiger partial charge in [0.2, 0.25) is 0 Å². The number of rotatable bonds is 7. The maximum atomic E-state index is 13.2. The number of nitrogens with two attached hydrogens (primary N) is 1. The van der Waals surface area contributed by atoms with E-state index in [0.29, 0.717) is 11.5 Å². The molecule has 1 fully saturated rings. The summed E-state index contributed by atoms with van der Waals surface area (Å²) in [5.41, 5.74) is 7.50. The molecule has 1 aliphatic carbocycles. The van der Waals surface area contributed by atoms with E-state index in [1.54, 1.807) is 31.4 Å². The zero-order valence-electron chi connectivity index (χ0n) is 15.3. The van der Waals surface area contributed by atoms with Gasteiger partial charge in [-0.05, 0) is 43.7 Å². The Bertz CT molecular complexity index is 862. The first kappa shape index (κ1) is 18.9. The molecule has 0 aliphatic heterocycles. The molecule has 0 aromatic heterocycles. The van der Waals surface area contributed by atoms with E-state index in [1.807, 2.05) is 38.1 Å². The number of ether oxygens (including phenoxy) is 2. The SMILES string of the molecule is CCOC[C@@]1(N)[C@@H](c2ccc(OC)cc2)[C@@H]1S(=O)(=O)c1ccc(C)cc1. The fourth-order valence-corrected chi connectivity index (χ4v) is 5.80. The second-order valence-corrected chi connectivity index (χ2v) is 8.85. The largest absolute Gasteiger partial charge is 0.497 e. The maximum absolute atomic E-state index is 13.2. The molecule has 0 bridgehead atoms. The molecule has 1 saturated carbocycles. The van der Waals surface area contributed by atoms with Crippen molar-refractivity contribution in [1.82, 2.24) is 0 Å². The van der Waals surface area contributed by atoms with Crippen molar-refractivity contribution in [2.75, 3.05) is 20.3 Å². The average Bonchev–Trinajstić information content (AvgIpc) is 3.27. The monoisotopic (exact) mass is 375 g/mol. The fourth-order valence-electron chi connectivity index (χ4n) is 3.51. The standard InChI is InChI=1S/C20H25NO4S/c1-4-25-13-20(21)18(15-7-9-16(24-3)10-8-15)19(20)26(22,23)17-11-5-14(2)6-12-17/h5-12,18-19H,4,13,21H2,1-3H3/t18-,19-,20+/m0/s1. The van der Waals surface area contributed by atoms with Gasteiger partial charge in [-0.15, -0.1) is 0 Å². The lowest BCUT2D eigenvalue weighted by molar-refractivity contribution is 0.125. The highest BCUT2D eigenvalue weighted by molar-refractivity contribution is 7.92. The van der Waals surface area contributed by atoms with E-state index in [0.717, 1.165) is 16.9 Å². The smallest absolute Gasteiger partial charge is 0.183 e. The lowest BCUT2D eigenvalue weighted by Crippen LogP contribution is -2.36. The lowest BCUT2D eigenvalue weighted by Gasteiger charge is -2.12. The van der Waals surface area contributed by atoms with Crippen LogP contribution in [0.2, 0.25) is 0 Å². The lowest BCUT2D eigenvalue weighted by atomic mass is 10.1. The molecule has 0 unspecified atom stereocenters. The van der Waals surface area contributed by atoms with Gasteiger partial charge >= 0.3 is 0 Å². The Balaban J connectivity index is 1.97. The molecule has 1 aliphatic rings. The van der Waals surface area contributed by atoms with Gasteiger partial charge in [0.15, 0.2) is 9.84 Å². The summed E-state index contributed by atoms with van der Waals surface area (Å²) in [6.07, 6.45) is 0. The quantitative estimate of drug-likeness (QED) is 0.805. The molecule has 3 atom stereocenters. The first-order valence-electron chi connectivity index (χ1n) is 8.65. The van der Waals surface area contributed by atoms with Gasteiger partial charge in [-0.25, -0.2) is 8.42 Å². The molecule has 0 radical (unpaired) electrons. The van der Waals surface area contributed by atoms with Crippen LogP contribution in [0.3, 0.4) is 0 Å². The van der Waals surface area contributed by atoms with Gasteiger partial charge in [0, 0.05) is 12.5 Å². The summed E-state index contributed by atoms with van der Waals surface area (Å²) in [5, 5.41) is -0.711. The molecule has 0 spiro atoms. The fraction of sp³-hybridized carbons (Fsp3) is 0.400. The van der Waals surface area contributed by atoms with E-state index in [4.69, 9.17) is 15.2 Å². The van der Waals surface area contributed by atoms with E-state index in [2.05, 4.69) is 0 Å². The Morgan fingerprint density at radius 3 is 2.23 bits per heavy atom. The Kier molecular flexibility index (Phi) is 5.10. The van der Waals surface area contributed by atoms with Crippen LogP contribution in [0, 0.1) is 6.92 Å². The van der Waals surface area contributed by atoms with Crippen LogP contribution in [0.15, 0.2) is 53.4 Å². The number of hydrogen-bond donors (Lipinski definition) is 1. The summed E-state index contributed by atoms with van der Waals surface area (Å²) < 4.78 is 37.2. The summed E-state index contributed by atoms with van der Waals surface area (Å²) in [6.45, 7) is 4.50. The number of hydrogen-bond acceptors (Lipinski definition) is 5. The van der Waals surface area contributed by atoms with Crippen LogP contribution in [0.4, 0.5) is 0 Å². The molecular formula is C20H25NO4S. The van der Waals surface area contributed by atoms with Crippen molar-refractivity contribution in [1.29, 1.82) is 0 Å². The van der Waals surface area contributed by atoms with Gasteiger partial charge in [0.25, 0.3) is 0 Å². The number of sulfone groups is 1. The van der Waals surface area contributed by atoms with Crippen molar-refractivity contribution in [3.63, 3.8) is 0 Å². The van der Waals surface area contributed by atoms with E-state index in [9.17, 15) is 8.42 Å². The molecule has 0 amide bonds. The zero-order chi connectivity index (χ0) is 18.9. The summed E-state index contributed by atoms with van der Waals surface area (Å²) in [4.78, 5) is 0.301. The Morgan fingerprint density at radius 1 is 1.08 bits per heavy atom. The van der Waals surface area contributed by atoms with E-state index >= 15 is 0 Å². The van der Waals surface area contributed by atoms with E-state index in [-0.39, 0.29) is 12.5 Å². The van der Waals surface area contributed by atoms with Gasteiger partial charge in [0.1, 0.15) is 5.75 Å². The zero-order valence-corrected chi connectivity index (χ0v) is 16.1. The van der Waals surface area contributed by atoms with Crippen molar-refractivity contribution >= 4 is 9.84 Å². The number of aryl methyl sites for hydroxylation is 1. The van der Waals surface area contributed by atoms with Crippen LogP contribution < -0.4 is 10.5 Å². The van der Waals surface area contributed by atoms with Crippen molar-refractivity contribution in [3.05, 3.63) is 59.7 Å². The van der Waals surface area contributed by atoms with Gasteiger partial charge < -0.3 is 15.2 Å². The molecule has 0 saturated heterocycles. The summed E-state index contributed by atoms with van der Waals surface area (Å²) in [5.74, 6) is 0.408. The van der Waals surface area contributed by atoms with Gasteiger partial charge in [-0.1, -0.05) is 29.8 Å². The van der Waals surface area contributed by atoms with E-state index < -0.39 is 20.6 Å². The molecule has 140 valence electrons. The van der Waals surface area contributed by atoms with Crippen LogP contribution in [-0.4, -0.2) is 39.5 Å². The highest BCUT2D eigenvalue weighted by Gasteiger charge is 2.69. The van der Waals surface area contributed by atoms with Crippen LogP contribution in [0.5, 0.6) is 5.75 Å². The molecule has 0 heterocycles. The second kappa shape index (κ2) is 7.02. The number of methoxy groups -OCH3 is 1. The Hall–Kier alpha value is -1.89. The van der Waals surface area contributed by atoms with Crippen LogP contribution in [-0.2, 0) is 14.6 Å². The van der Waals surface area contributed by atoms with Crippen molar-refractivity contribution in [3.8, 4) is 5.75 Å². The topological polar surface area (TPSA) is 78.6 Å². The predicted molar refractivity (Wildman–Crippen MR) is 101 cm³/mol. The molecule has 2 N–H and O–H groups in total. The van der Waals surface area contributed by atoms with Crippen molar-refractivity contribution in [2.45, 2.75) is 35.4 Å². The minimum Gasteiger partial charge on any atom is -0.497 e. The summed E-state index contributed by atoms with van der Waals surface area (Å²) >= 11 is 0. The second-order valence-electron chi connectivity index (χ2n) is 6.78. The molecule has 6 heteroatoms. The van der Waals surface area contributed by atoms with Gasteiger partial charge in [0.05, 0.1) is 29.4 Å². The van der Waals surface area contributed by atoms with Gasteiger partial charge in [-0.2, -0.15) is 0 Å². The van der Waals surface area contributed by atoms with E-state index in [1.165, 1.54) is 0 Å². The summed E-state index contributed by atoms with van der Waals surface area (Å²) in [7, 11) is -1.97. The third-order valence-corrected chi connectivity index (χ3v) is 7.33. The summed E-state index contributed by atoms with van der Waals surface area (Å²) in [6, 6.07) is 14.3. The first-order chi connectivity index (χ1) is 12.3. The predicted octanol–water partition coefficient (Wildman–Crippen LogP) is 2.68. The minimum absolute atomic E-state index is 0.204. The molecule has 26 heavy (non-hydrogen) atoms. The van der Waals surface area contributed by atoms with Gasteiger partial charge in [-0.3, -0.25) is 0 Å².